The first-order chi connectivity index (χ1) is 11.8. The zero-order valence-electron chi connectivity index (χ0n) is 13.9. The third-order valence-corrected chi connectivity index (χ3v) is 5.32. The molecule has 2 atom stereocenters. The molecule has 4 nitrogen and oxygen atoms in total. The number of benzene rings is 1. The van der Waals surface area contributed by atoms with Crippen LogP contribution in [-0.4, -0.2) is 24.7 Å². The molecule has 2 fully saturated rings. The van der Waals surface area contributed by atoms with Crippen LogP contribution in [0.4, 0.5) is 18.9 Å². The Kier molecular flexibility index (Phi) is 5.22. The molecule has 1 aromatic carbocycles. The highest BCUT2D eigenvalue weighted by Gasteiger charge is 2.40. The number of carbonyl (C=O) groups is 1. The standard InChI is InChI=1S/C18H23F3N2O2/c19-18(20,21)10-25-15-7-2-1-6-14(15)23-17(24)13-8-11-4-3-5-12(9-13)16(11)22/h1-2,6-7,11-13,16H,3-5,8-10,22H2,(H,23,24). The first kappa shape index (κ1) is 18.0. The molecule has 7 heteroatoms. The maximum Gasteiger partial charge on any atom is 0.422 e. The lowest BCUT2D eigenvalue weighted by atomic mass is 9.65. The van der Waals surface area contributed by atoms with E-state index >= 15 is 0 Å². The predicted octanol–water partition coefficient (Wildman–Crippen LogP) is 3.72. The Morgan fingerprint density at radius 2 is 1.84 bits per heavy atom. The third kappa shape index (κ3) is 4.45. The van der Waals surface area contributed by atoms with Crippen molar-refractivity contribution < 1.29 is 22.7 Å². The Labute approximate surface area is 144 Å². The zero-order valence-corrected chi connectivity index (χ0v) is 13.9. The molecule has 0 heterocycles. The van der Waals surface area contributed by atoms with Gasteiger partial charge in [0.2, 0.25) is 5.91 Å². The minimum Gasteiger partial charge on any atom is -0.482 e. The van der Waals surface area contributed by atoms with E-state index in [1.165, 1.54) is 6.07 Å². The molecule has 1 aromatic rings. The van der Waals surface area contributed by atoms with Crippen molar-refractivity contribution in [1.82, 2.24) is 0 Å². The summed E-state index contributed by atoms with van der Waals surface area (Å²) in [6, 6.07) is 6.37. The van der Waals surface area contributed by atoms with Crippen LogP contribution in [0.15, 0.2) is 24.3 Å². The second kappa shape index (κ2) is 7.23. The topological polar surface area (TPSA) is 64.4 Å². The summed E-state index contributed by atoms with van der Waals surface area (Å²) >= 11 is 0. The number of ether oxygens (including phenoxy) is 1. The summed E-state index contributed by atoms with van der Waals surface area (Å²) < 4.78 is 41.9. The SMILES string of the molecule is NC1C2CCCC1CC(C(=O)Nc1ccccc1OCC(F)(F)F)C2. The van der Waals surface area contributed by atoms with Gasteiger partial charge in [0.05, 0.1) is 5.69 Å². The quantitative estimate of drug-likeness (QED) is 0.864. The number of anilines is 1. The van der Waals surface area contributed by atoms with Crippen LogP contribution in [-0.2, 0) is 4.79 Å². The minimum atomic E-state index is -4.42. The van der Waals surface area contributed by atoms with Crippen LogP contribution in [0.25, 0.3) is 0 Å². The van der Waals surface area contributed by atoms with Crippen molar-refractivity contribution in [2.45, 2.75) is 44.3 Å². The van der Waals surface area contributed by atoms with E-state index in [0.29, 0.717) is 11.8 Å². The molecule has 0 aliphatic heterocycles. The Morgan fingerprint density at radius 1 is 1.20 bits per heavy atom. The van der Waals surface area contributed by atoms with Crippen LogP contribution < -0.4 is 15.8 Å². The van der Waals surface area contributed by atoms with E-state index in [1.807, 2.05) is 0 Å². The number of nitrogens with one attached hydrogen (secondary N) is 1. The highest BCUT2D eigenvalue weighted by Crippen LogP contribution is 2.42. The molecule has 2 bridgehead atoms. The number of halogens is 3. The lowest BCUT2D eigenvalue weighted by Crippen LogP contribution is -2.48. The Bertz CT molecular complexity index is 607. The van der Waals surface area contributed by atoms with Crippen molar-refractivity contribution in [3.05, 3.63) is 24.3 Å². The molecule has 0 saturated heterocycles. The fourth-order valence-corrected chi connectivity index (χ4v) is 4.09. The maximum atomic E-state index is 12.6. The Morgan fingerprint density at radius 3 is 2.48 bits per heavy atom. The second-order valence-electron chi connectivity index (χ2n) is 7.09. The van der Waals surface area contributed by atoms with E-state index in [9.17, 15) is 18.0 Å². The van der Waals surface area contributed by atoms with Crippen LogP contribution in [0.1, 0.15) is 32.1 Å². The number of nitrogens with two attached hydrogens (primary N) is 1. The Hall–Kier alpha value is -1.76. The smallest absolute Gasteiger partial charge is 0.422 e. The number of rotatable bonds is 4. The normalized spacial score (nSPS) is 29.1. The third-order valence-electron chi connectivity index (χ3n) is 5.32. The first-order valence-corrected chi connectivity index (χ1v) is 8.68. The number of alkyl halides is 3. The second-order valence-corrected chi connectivity index (χ2v) is 7.09. The molecule has 0 spiro atoms. The van der Waals surface area contributed by atoms with E-state index in [2.05, 4.69) is 5.32 Å². The lowest BCUT2D eigenvalue weighted by molar-refractivity contribution is -0.153. The van der Waals surface area contributed by atoms with Crippen molar-refractivity contribution in [1.29, 1.82) is 0 Å². The van der Waals surface area contributed by atoms with Crippen LogP contribution in [0, 0.1) is 17.8 Å². The summed E-state index contributed by atoms with van der Waals surface area (Å²) in [6.45, 7) is -1.39. The average Bonchev–Trinajstić information content (AvgIpc) is 2.53. The molecule has 3 rings (SSSR count). The van der Waals surface area contributed by atoms with Crippen LogP contribution in [0.2, 0.25) is 0 Å². The van der Waals surface area contributed by atoms with Crippen molar-refractivity contribution in [3.8, 4) is 5.75 Å². The monoisotopic (exact) mass is 356 g/mol. The van der Waals surface area contributed by atoms with Gasteiger partial charge >= 0.3 is 6.18 Å². The van der Waals surface area contributed by atoms with Crippen molar-refractivity contribution in [2.75, 3.05) is 11.9 Å². The zero-order chi connectivity index (χ0) is 18.0. The minimum absolute atomic E-state index is 0.0286. The fraction of sp³-hybridized carbons (Fsp3) is 0.611. The molecule has 2 aliphatic carbocycles. The molecule has 25 heavy (non-hydrogen) atoms. The highest BCUT2D eigenvalue weighted by atomic mass is 19.4. The molecule has 138 valence electrons. The molecule has 1 amide bonds. The summed E-state index contributed by atoms with van der Waals surface area (Å²) in [4.78, 5) is 12.6. The van der Waals surface area contributed by atoms with Crippen LogP contribution in [0.3, 0.4) is 0 Å². The van der Waals surface area contributed by atoms with Gasteiger partial charge in [-0.05, 0) is 49.7 Å². The van der Waals surface area contributed by atoms with Gasteiger partial charge in [0.1, 0.15) is 5.75 Å². The van der Waals surface area contributed by atoms with Gasteiger partial charge in [-0.2, -0.15) is 13.2 Å². The van der Waals surface area contributed by atoms with E-state index in [0.717, 1.165) is 32.1 Å². The molecule has 0 radical (unpaired) electrons. The fourth-order valence-electron chi connectivity index (χ4n) is 4.09. The predicted molar refractivity (Wildman–Crippen MR) is 88.2 cm³/mol. The summed E-state index contributed by atoms with van der Waals surface area (Å²) in [5, 5.41) is 2.75. The van der Waals surface area contributed by atoms with Gasteiger partial charge in [-0.1, -0.05) is 18.6 Å². The summed E-state index contributed by atoms with van der Waals surface area (Å²) in [5.41, 5.74) is 6.52. The summed E-state index contributed by atoms with van der Waals surface area (Å²) in [5.74, 6) is 0.443. The average molecular weight is 356 g/mol. The van der Waals surface area contributed by atoms with Gasteiger partial charge in [-0.15, -0.1) is 0 Å². The first-order valence-electron chi connectivity index (χ1n) is 8.68. The number of para-hydroxylation sites is 2. The van der Waals surface area contributed by atoms with Gasteiger partial charge in [-0.25, -0.2) is 0 Å². The van der Waals surface area contributed by atoms with Crippen LogP contribution in [0.5, 0.6) is 5.75 Å². The van der Waals surface area contributed by atoms with E-state index < -0.39 is 12.8 Å². The number of fused-ring (bicyclic) bond motifs is 2. The van der Waals surface area contributed by atoms with E-state index in [4.69, 9.17) is 10.5 Å². The molecule has 0 aromatic heterocycles. The molecule has 2 aliphatic rings. The number of amides is 1. The molecule has 3 N–H and O–H groups in total. The van der Waals surface area contributed by atoms with Crippen molar-refractivity contribution in [3.63, 3.8) is 0 Å². The van der Waals surface area contributed by atoms with Gasteiger partial charge in [0.15, 0.2) is 6.61 Å². The summed E-state index contributed by atoms with van der Waals surface area (Å²) in [7, 11) is 0. The number of carbonyl (C=O) groups excluding carboxylic acids is 1. The molecular formula is C18H23F3N2O2. The number of hydrogen-bond donors (Lipinski definition) is 2. The number of hydrogen-bond acceptors (Lipinski definition) is 3. The van der Waals surface area contributed by atoms with Gasteiger partial charge < -0.3 is 15.8 Å². The largest absolute Gasteiger partial charge is 0.482 e. The van der Waals surface area contributed by atoms with Crippen LogP contribution >= 0.6 is 0 Å². The van der Waals surface area contributed by atoms with Gasteiger partial charge in [0, 0.05) is 12.0 Å². The lowest BCUT2D eigenvalue weighted by Gasteiger charge is -2.43. The maximum absolute atomic E-state index is 12.6. The van der Waals surface area contributed by atoms with E-state index in [-0.39, 0.29) is 29.3 Å². The van der Waals surface area contributed by atoms with Crippen molar-refractivity contribution >= 4 is 11.6 Å². The summed E-state index contributed by atoms with van der Waals surface area (Å²) in [6.07, 6.45) is 0.323. The van der Waals surface area contributed by atoms with Gasteiger partial charge in [-0.3, -0.25) is 4.79 Å². The highest BCUT2D eigenvalue weighted by molar-refractivity contribution is 5.94. The van der Waals surface area contributed by atoms with Gasteiger partial charge in [0.25, 0.3) is 0 Å². The molecular weight excluding hydrogens is 333 g/mol. The Balaban J connectivity index is 1.65. The van der Waals surface area contributed by atoms with Crippen molar-refractivity contribution in [2.24, 2.45) is 23.5 Å². The molecule has 2 saturated carbocycles. The molecule has 2 unspecified atom stereocenters. The van der Waals surface area contributed by atoms with E-state index in [1.54, 1.807) is 18.2 Å².